The van der Waals surface area contributed by atoms with Crippen LogP contribution in [0.4, 0.5) is 0 Å². The molecule has 2 aromatic rings. The highest BCUT2D eigenvalue weighted by atomic mass is 35.5. The molecule has 0 bridgehead atoms. The van der Waals surface area contributed by atoms with Crippen LogP contribution in [0.2, 0.25) is 5.02 Å². The van der Waals surface area contributed by atoms with Gasteiger partial charge >= 0.3 is 0 Å². The van der Waals surface area contributed by atoms with Crippen LogP contribution in [-0.2, 0) is 6.61 Å². The van der Waals surface area contributed by atoms with Crippen molar-refractivity contribution in [2.75, 3.05) is 0 Å². The Hall–Kier alpha value is -1.39. The van der Waals surface area contributed by atoms with Gasteiger partial charge in [-0.05, 0) is 24.6 Å². The zero-order chi connectivity index (χ0) is 10.8. The molecular weight excluding hydrogens is 214 g/mol. The second-order valence-electron chi connectivity index (χ2n) is 3.25. The molecular formula is C10H10ClN3O. The summed E-state index contributed by atoms with van der Waals surface area (Å²) in [6.07, 6.45) is 1.67. The van der Waals surface area contributed by atoms with Gasteiger partial charge in [0.2, 0.25) is 0 Å². The first-order valence-corrected chi connectivity index (χ1v) is 4.87. The van der Waals surface area contributed by atoms with Crippen molar-refractivity contribution in [3.8, 4) is 5.69 Å². The van der Waals surface area contributed by atoms with E-state index in [2.05, 4.69) is 10.3 Å². The predicted molar refractivity (Wildman–Crippen MR) is 57.0 cm³/mol. The van der Waals surface area contributed by atoms with Crippen molar-refractivity contribution < 1.29 is 5.11 Å². The molecule has 1 aromatic carbocycles. The zero-order valence-corrected chi connectivity index (χ0v) is 8.94. The van der Waals surface area contributed by atoms with Gasteiger partial charge in [0.1, 0.15) is 5.69 Å². The average molecular weight is 224 g/mol. The van der Waals surface area contributed by atoms with Crippen molar-refractivity contribution >= 4 is 11.6 Å². The minimum absolute atomic E-state index is 0.112. The average Bonchev–Trinajstić information content (AvgIpc) is 2.70. The number of hydrogen-bond donors (Lipinski definition) is 1. The molecule has 0 aliphatic carbocycles. The van der Waals surface area contributed by atoms with E-state index < -0.39 is 0 Å². The van der Waals surface area contributed by atoms with E-state index in [4.69, 9.17) is 16.7 Å². The van der Waals surface area contributed by atoms with E-state index in [1.165, 1.54) is 0 Å². The summed E-state index contributed by atoms with van der Waals surface area (Å²) in [6, 6.07) is 5.63. The molecule has 0 aliphatic heterocycles. The molecule has 78 valence electrons. The molecule has 1 aromatic heterocycles. The Morgan fingerprint density at radius 1 is 1.47 bits per heavy atom. The van der Waals surface area contributed by atoms with Gasteiger partial charge in [0.25, 0.3) is 0 Å². The van der Waals surface area contributed by atoms with Crippen LogP contribution >= 0.6 is 11.6 Å². The summed E-state index contributed by atoms with van der Waals surface area (Å²) in [5.41, 5.74) is 2.38. The molecule has 2 rings (SSSR count). The van der Waals surface area contributed by atoms with Crippen LogP contribution in [0.25, 0.3) is 5.69 Å². The molecule has 0 aliphatic rings. The molecule has 0 unspecified atom stereocenters. The lowest BCUT2D eigenvalue weighted by atomic mass is 10.2. The Labute approximate surface area is 92.1 Å². The summed E-state index contributed by atoms with van der Waals surface area (Å²) in [5.74, 6) is 0. The van der Waals surface area contributed by atoms with E-state index in [-0.39, 0.29) is 6.61 Å². The number of aliphatic hydroxyl groups is 1. The molecule has 1 N–H and O–H groups in total. The summed E-state index contributed by atoms with van der Waals surface area (Å²) in [4.78, 5) is 0. The van der Waals surface area contributed by atoms with Crippen molar-refractivity contribution in [3.05, 3.63) is 40.7 Å². The second kappa shape index (κ2) is 4.00. The minimum atomic E-state index is -0.112. The van der Waals surface area contributed by atoms with Crippen molar-refractivity contribution in [1.29, 1.82) is 0 Å². The van der Waals surface area contributed by atoms with Crippen LogP contribution in [0, 0.1) is 6.92 Å². The number of aryl methyl sites for hydroxylation is 1. The van der Waals surface area contributed by atoms with Gasteiger partial charge in [-0.3, -0.25) is 0 Å². The largest absolute Gasteiger partial charge is 0.390 e. The fourth-order valence-corrected chi connectivity index (χ4v) is 1.40. The first-order valence-electron chi connectivity index (χ1n) is 4.49. The van der Waals surface area contributed by atoms with E-state index >= 15 is 0 Å². The maximum atomic E-state index is 8.85. The number of hydrogen-bond acceptors (Lipinski definition) is 3. The lowest BCUT2D eigenvalue weighted by Gasteiger charge is -2.02. The molecule has 15 heavy (non-hydrogen) atoms. The van der Waals surface area contributed by atoms with Gasteiger partial charge in [0.05, 0.1) is 18.5 Å². The third-order valence-corrected chi connectivity index (χ3v) is 2.53. The third-order valence-electron chi connectivity index (χ3n) is 2.12. The van der Waals surface area contributed by atoms with Crippen LogP contribution in [0.15, 0.2) is 24.4 Å². The van der Waals surface area contributed by atoms with Gasteiger partial charge in [-0.2, -0.15) is 0 Å². The molecule has 1 heterocycles. The summed E-state index contributed by atoms with van der Waals surface area (Å²) in [5, 5.41) is 17.2. The Kier molecular flexibility index (Phi) is 2.70. The van der Waals surface area contributed by atoms with Crippen molar-refractivity contribution in [2.45, 2.75) is 13.5 Å². The van der Waals surface area contributed by atoms with Crippen LogP contribution in [0.5, 0.6) is 0 Å². The number of rotatable bonds is 2. The number of nitrogens with zero attached hydrogens (tertiary/aromatic N) is 3. The SMILES string of the molecule is Cc1ccc(-n2cc(CO)nn2)cc1Cl. The standard InChI is InChI=1S/C10H10ClN3O/c1-7-2-3-9(4-10(7)11)14-5-8(6-15)12-13-14/h2-5,15H,6H2,1H3. The Morgan fingerprint density at radius 2 is 2.27 bits per heavy atom. The minimum Gasteiger partial charge on any atom is -0.390 e. The zero-order valence-electron chi connectivity index (χ0n) is 8.18. The molecule has 4 nitrogen and oxygen atoms in total. The number of benzene rings is 1. The lowest BCUT2D eigenvalue weighted by molar-refractivity contribution is 0.276. The monoisotopic (exact) mass is 223 g/mol. The molecule has 0 amide bonds. The van der Waals surface area contributed by atoms with Gasteiger partial charge < -0.3 is 5.11 Å². The van der Waals surface area contributed by atoms with Gasteiger partial charge in [-0.1, -0.05) is 22.9 Å². The van der Waals surface area contributed by atoms with Crippen LogP contribution in [-0.4, -0.2) is 20.1 Å². The van der Waals surface area contributed by atoms with Crippen LogP contribution < -0.4 is 0 Å². The molecule has 5 heteroatoms. The lowest BCUT2D eigenvalue weighted by Crippen LogP contribution is -1.95. The van der Waals surface area contributed by atoms with Crippen LogP contribution in [0.1, 0.15) is 11.3 Å². The molecule has 0 saturated heterocycles. The summed E-state index contributed by atoms with van der Waals surface area (Å²) >= 11 is 5.99. The first-order chi connectivity index (χ1) is 7.20. The fraction of sp³-hybridized carbons (Fsp3) is 0.200. The maximum Gasteiger partial charge on any atom is 0.109 e. The highest BCUT2D eigenvalue weighted by Crippen LogP contribution is 2.18. The van der Waals surface area contributed by atoms with Crippen LogP contribution in [0.3, 0.4) is 0 Å². The second-order valence-corrected chi connectivity index (χ2v) is 3.65. The number of aliphatic hydroxyl groups excluding tert-OH is 1. The molecule has 0 fully saturated rings. The van der Waals surface area contributed by atoms with Gasteiger partial charge in [0.15, 0.2) is 0 Å². The summed E-state index contributed by atoms with van der Waals surface area (Å²) in [7, 11) is 0. The Balaban J connectivity index is 2.40. The molecule has 0 spiro atoms. The highest BCUT2D eigenvalue weighted by molar-refractivity contribution is 6.31. The van der Waals surface area contributed by atoms with E-state index in [9.17, 15) is 0 Å². The van der Waals surface area contributed by atoms with Gasteiger partial charge in [-0.25, -0.2) is 4.68 Å². The predicted octanol–water partition coefficient (Wildman–Crippen LogP) is 1.72. The Bertz CT molecular complexity index is 481. The molecule has 0 radical (unpaired) electrons. The van der Waals surface area contributed by atoms with E-state index in [1.807, 2.05) is 25.1 Å². The third kappa shape index (κ3) is 2.00. The molecule has 0 atom stereocenters. The number of aromatic nitrogens is 3. The first kappa shape index (κ1) is 10.1. The smallest absolute Gasteiger partial charge is 0.109 e. The summed E-state index contributed by atoms with van der Waals surface area (Å²) < 4.78 is 1.58. The van der Waals surface area contributed by atoms with Crippen molar-refractivity contribution in [1.82, 2.24) is 15.0 Å². The van der Waals surface area contributed by atoms with E-state index in [0.29, 0.717) is 10.7 Å². The normalized spacial score (nSPS) is 10.6. The summed E-state index contributed by atoms with van der Waals surface area (Å²) in [6.45, 7) is 1.83. The van der Waals surface area contributed by atoms with Crippen molar-refractivity contribution in [2.24, 2.45) is 0 Å². The van der Waals surface area contributed by atoms with E-state index in [1.54, 1.807) is 10.9 Å². The number of halogens is 1. The quantitative estimate of drug-likeness (QED) is 0.844. The maximum absolute atomic E-state index is 8.85. The fourth-order valence-electron chi connectivity index (χ4n) is 1.22. The topological polar surface area (TPSA) is 50.9 Å². The Morgan fingerprint density at radius 3 is 2.87 bits per heavy atom. The van der Waals surface area contributed by atoms with Gasteiger partial charge in [0, 0.05) is 5.02 Å². The van der Waals surface area contributed by atoms with E-state index in [0.717, 1.165) is 11.3 Å². The highest BCUT2D eigenvalue weighted by Gasteiger charge is 2.03. The van der Waals surface area contributed by atoms with Crippen molar-refractivity contribution in [3.63, 3.8) is 0 Å². The molecule has 0 saturated carbocycles. The van der Waals surface area contributed by atoms with Gasteiger partial charge in [-0.15, -0.1) is 5.10 Å².